The van der Waals surface area contributed by atoms with Crippen molar-refractivity contribution in [3.63, 3.8) is 0 Å². The van der Waals surface area contributed by atoms with Crippen molar-refractivity contribution in [2.45, 2.75) is 19.6 Å². The lowest BCUT2D eigenvalue weighted by molar-refractivity contribution is -0.152. The monoisotopic (exact) mass is 434 g/mol. The first-order valence-corrected chi connectivity index (χ1v) is 10.1. The van der Waals surface area contributed by atoms with Crippen LogP contribution in [0.5, 0.6) is 5.75 Å². The molecule has 4 aromatic rings. The van der Waals surface area contributed by atoms with Gasteiger partial charge in [0, 0.05) is 10.6 Å². The second-order valence-corrected chi connectivity index (χ2v) is 7.38. The number of hydrogen-bond acceptors (Lipinski definition) is 5. The summed E-state index contributed by atoms with van der Waals surface area (Å²) in [5.41, 5.74) is 1.51. The van der Waals surface area contributed by atoms with E-state index in [4.69, 9.17) is 25.5 Å². The second kappa shape index (κ2) is 9.06. The molecule has 0 fully saturated rings. The smallest absolute Gasteiger partial charge is 0.347 e. The van der Waals surface area contributed by atoms with Crippen LogP contribution >= 0.6 is 11.6 Å². The van der Waals surface area contributed by atoms with Crippen LogP contribution in [0.4, 0.5) is 0 Å². The average Bonchev–Trinajstić information content (AvgIpc) is 2.80. The van der Waals surface area contributed by atoms with Crippen molar-refractivity contribution < 1.29 is 18.7 Å². The number of benzene rings is 3. The maximum Gasteiger partial charge on any atom is 0.347 e. The summed E-state index contributed by atoms with van der Waals surface area (Å²) in [7, 11) is 0. The van der Waals surface area contributed by atoms with Crippen molar-refractivity contribution >= 4 is 28.5 Å². The minimum Gasteiger partial charge on any atom is -0.471 e. The first-order valence-electron chi connectivity index (χ1n) is 9.72. The van der Waals surface area contributed by atoms with Gasteiger partial charge in [0.25, 0.3) is 0 Å². The number of halogens is 1. The molecule has 0 N–H and O–H groups in total. The van der Waals surface area contributed by atoms with Gasteiger partial charge in [-0.25, -0.2) is 4.79 Å². The third-order valence-corrected chi connectivity index (χ3v) is 4.97. The normalized spacial score (nSPS) is 11.8. The molecule has 0 bridgehead atoms. The minimum absolute atomic E-state index is 0.0508. The summed E-state index contributed by atoms with van der Waals surface area (Å²) >= 11 is 5.99. The highest BCUT2D eigenvalue weighted by Crippen LogP contribution is 2.32. The van der Waals surface area contributed by atoms with Crippen LogP contribution < -0.4 is 10.2 Å². The van der Waals surface area contributed by atoms with Crippen molar-refractivity contribution in [3.8, 4) is 17.1 Å². The van der Waals surface area contributed by atoms with Crippen LogP contribution in [-0.4, -0.2) is 12.1 Å². The molecule has 0 spiro atoms. The fourth-order valence-electron chi connectivity index (χ4n) is 3.09. The number of rotatable bonds is 6. The molecule has 3 aromatic carbocycles. The molecule has 0 radical (unpaired) electrons. The summed E-state index contributed by atoms with van der Waals surface area (Å²) in [6, 6.07) is 23.0. The lowest BCUT2D eigenvalue weighted by Gasteiger charge is -2.16. The Bertz CT molecular complexity index is 1260. The third-order valence-electron chi connectivity index (χ3n) is 4.71. The molecule has 1 unspecified atom stereocenters. The summed E-state index contributed by atoms with van der Waals surface area (Å²) in [6.07, 6.45) is -1.01. The van der Waals surface area contributed by atoms with Crippen molar-refractivity contribution in [1.82, 2.24) is 0 Å². The Labute approximate surface area is 183 Å². The maximum atomic E-state index is 13.2. The van der Waals surface area contributed by atoms with E-state index in [1.807, 2.05) is 30.3 Å². The van der Waals surface area contributed by atoms with Gasteiger partial charge in [-0.05, 0) is 48.9 Å². The Hall–Kier alpha value is -3.57. The van der Waals surface area contributed by atoms with E-state index >= 15 is 0 Å². The van der Waals surface area contributed by atoms with Gasteiger partial charge in [0.15, 0.2) is 11.9 Å². The quantitative estimate of drug-likeness (QED) is 0.368. The van der Waals surface area contributed by atoms with E-state index < -0.39 is 12.1 Å². The van der Waals surface area contributed by atoms with Gasteiger partial charge in [0.05, 0.1) is 5.39 Å². The zero-order valence-corrected chi connectivity index (χ0v) is 17.5. The number of ether oxygens (including phenoxy) is 2. The highest BCUT2D eigenvalue weighted by atomic mass is 35.5. The molecule has 1 aromatic heterocycles. The Morgan fingerprint density at radius 3 is 2.39 bits per heavy atom. The van der Waals surface area contributed by atoms with Gasteiger partial charge >= 0.3 is 5.97 Å². The van der Waals surface area contributed by atoms with Crippen LogP contribution in [0, 0.1) is 0 Å². The molecule has 0 amide bonds. The zero-order chi connectivity index (χ0) is 21.8. The molecular formula is C25H19ClO5. The average molecular weight is 435 g/mol. The highest BCUT2D eigenvalue weighted by molar-refractivity contribution is 6.30. The second-order valence-electron chi connectivity index (χ2n) is 6.95. The van der Waals surface area contributed by atoms with E-state index in [0.717, 1.165) is 5.56 Å². The Morgan fingerprint density at radius 2 is 1.65 bits per heavy atom. The molecule has 0 aliphatic carbocycles. The van der Waals surface area contributed by atoms with Crippen LogP contribution in [0.3, 0.4) is 0 Å². The summed E-state index contributed by atoms with van der Waals surface area (Å²) in [5, 5.41) is 0.910. The summed E-state index contributed by atoms with van der Waals surface area (Å²) in [4.78, 5) is 25.7. The number of hydrogen-bond donors (Lipinski definition) is 0. The molecular weight excluding hydrogens is 416 g/mol. The molecule has 0 saturated heterocycles. The molecule has 31 heavy (non-hydrogen) atoms. The van der Waals surface area contributed by atoms with Gasteiger partial charge < -0.3 is 13.9 Å². The van der Waals surface area contributed by atoms with Crippen LogP contribution in [0.15, 0.2) is 88.1 Å². The van der Waals surface area contributed by atoms with Crippen LogP contribution in [0.1, 0.15) is 12.5 Å². The lowest BCUT2D eigenvalue weighted by Crippen LogP contribution is -2.28. The molecule has 0 saturated carbocycles. The molecule has 1 heterocycles. The molecule has 1 atom stereocenters. The van der Waals surface area contributed by atoms with Gasteiger partial charge in [-0.2, -0.15) is 0 Å². The van der Waals surface area contributed by atoms with E-state index in [2.05, 4.69) is 0 Å². The van der Waals surface area contributed by atoms with E-state index in [0.29, 0.717) is 21.6 Å². The summed E-state index contributed by atoms with van der Waals surface area (Å²) in [6.45, 7) is 1.65. The fraction of sp³-hybridized carbons (Fsp3) is 0.120. The highest BCUT2D eigenvalue weighted by Gasteiger charge is 2.24. The summed E-state index contributed by atoms with van der Waals surface area (Å²) in [5.74, 6) is -0.410. The van der Waals surface area contributed by atoms with Crippen LogP contribution in [0.2, 0.25) is 5.02 Å². The molecule has 156 valence electrons. The van der Waals surface area contributed by atoms with Crippen molar-refractivity contribution in [3.05, 3.63) is 99.7 Å². The maximum absolute atomic E-state index is 13.2. The Balaban J connectivity index is 1.66. The first kappa shape index (κ1) is 20.7. The van der Waals surface area contributed by atoms with E-state index in [1.165, 1.54) is 6.92 Å². The standard InChI is InChI=1S/C25H19ClO5/c1-16(25(28)29-15-17-7-3-2-4-8-17)30-24-22(27)20-9-5-6-10-21(20)31-23(24)18-11-13-19(26)14-12-18/h2-14,16H,15H2,1H3. The predicted molar refractivity (Wildman–Crippen MR) is 119 cm³/mol. The number of esters is 1. The first-order chi connectivity index (χ1) is 15.0. The molecule has 4 rings (SSSR count). The van der Waals surface area contributed by atoms with E-state index in [-0.39, 0.29) is 23.5 Å². The predicted octanol–water partition coefficient (Wildman–Crippen LogP) is 5.62. The van der Waals surface area contributed by atoms with Gasteiger partial charge in [-0.3, -0.25) is 4.79 Å². The van der Waals surface area contributed by atoms with Crippen molar-refractivity contribution in [2.24, 2.45) is 0 Å². The number of para-hydroxylation sites is 1. The van der Waals surface area contributed by atoms with Crippen LogP contribution in [0.25, 0.3) is 22.3 Å². The van der Waals surface area contributed by atoms with Crippen molar-refractivity contribution in [1.29, 1.82) is 0 Å². The van der Waals surface area contributed by atoms with Gasteiger partial charge in [-0.15, -0.1) is 0 Å². The largest absolute Gasteiger partial charge is 0.471 e. The van der Waals surface area contributed by atoms with Gasteiger partial charge in [-0.1, -0.05) is 54.1 Å². The van der Waals surface area contributed by atoms with Gasteiger partial charge in [0.2, 0.25) is 11.2 Å². The molecule has 0 aliphatic rings. The zero-order valence-electron chi connectivity index (χ0n) is 16.7. The molecule has 0 aliphatic heterocycles. The summed E-state index contributed by atoms with van der Waals surface area (Å²) < 4.78 is 17.1. The Kier molecular flexibility index (Phi) is 6.05. The minimum atomic E-state index is -1.01. The fourth-order valence-corrected chi connectivity index (χ4v) is 3.22. The Morgan fingerprint density at radius 1 is 0.968 bits per heavy atom. The SMILES string of the molecule is CC(Oc1c(-c2ccc(Cl)cc2)oc2ccccc2c1=O)C(=O)OCc1ccccc1. The van der Waals surface area contributed by atoms with E-state index in [9.17, 15) is 9.59 Å². The molecule has 5 nitrogen and oxygen atoms in total. The number of fused-ring (bicyclic) bond motifs is 1. The third kappa shape index (κ3) is 4.62. The lowest BCUT2D eigenvalue weighted by atomic mass is 10.1. The van der Waals surface area contributed by atoms with Gasteiger partial charge in [0.1, 0.15) is 12.2 Å². The van der Waals surface area contributed by atoms with Crippen LogP contribution in [-0.2, 0) is 16.1 Å². The van der Waals surface area contributed by atoms with Crippen molar-refractivity contribution in [2.75, 3.05) is 0 Å². The topological polar surface area (TPSA) is 65.7 Å². The molecule has 6 heteroatoms. The number of carbonyl (C=O) groups excluding carboxylic acids is 1. The van der Waals surface area contributed by atoms with E-state index in [1.54, 1.807) is 48.5 Å². The number of carbonyl (C=O) groups is 1.